The topological polar surface area (TPSA) is 71.5 Å². The Hall–Kier alpha value is -1.85. The number of nitrogens with zero attached hydrogens (tertiary/aromatic N) is 1. The third-order valence-electron chi connectivity index (χ3n) is 1.46. The van der Waals surface area contributed by atoms with Crippen LogP contribution < -0.4 is 5.32 Å². The van der Waals surface area contributed by atoms with Crippen molar-refractivity contribution in [3.63, 3.8) is 0 Å². The molecule has 0 saturated carbocycles. The monoisotopic (exact) mass is 228 g/mol. The Labute approximate surface area is 92.3 Å². The number of aromatic nitrogens is 1. The smallest absolute Gasteiger partial charge is 0.413 e. The van der Waals surface area contributed by atoms with Crippen LogP contribution in [0.15, 0.2) is 12.1 Å². The predicted molar refractivity (Wildman–Crippen MR) is 55.7 cm³/mol. The second-order valence-corrected chi connectivity index (χ2v) is 4.13. The molecule has 1 rings (SSSR count). The Morgan fingerprint density at radius 1 is 1.50 bits per heavy atom. The lowest BCUT2D eigenvalue weighted by atomic mass is 10.2. The third-order valence-corrected chi connectivity index (χ3v) is 1.46. The summed E-state index contributed by atoms with van der Waals surface area (Å²) in [7, 11) is 0. The quantitative estimate of drug-likeness (QED) is 0.723. The minimum atomic E-state index is -1.05. The number of anilines is 1. The van der Waals surface area contributed by atoms with Crippen LogP contribution >= 0.6 is 0 Å². The van der Waals surface area contributed by atoms with Crippen molar-refractivity contribution < 1.29 is 19.0 Å². The summed E-state index contributed by atoms with van der Waals surface area (Å²) in [5, 5.41) is 11.1. The summed E-state index contributed by atoms with van der Waals surface area (Å²) in [5.74, 6) is -1.65. The Morgan fingerprint density at radius 2 is 2.12 bits per heavy atom. The molecule has 1 aromatic heterocycles. The number of nitrogens with one attached hydrogen (secondary N) is 1. The number of halogens is 1. The number of rotatable bonds is 1. The molecule has 0 aliphatic heterocycles. The molecule has 0 aromatic carbocycles. The average Bonchev–Trinajstić information content (AvgIpc) is 2.08. The maximum absolute atomic E-state index is 12.8. The van der Waals surface area contributed by atoms with Crippen LogP contribution in [0, 0.1) is 5.95 Å². The molecular weight excluding hydrogens is 215 g/mol. The summed E-state index contributed by atoms with van der Waals surface area (Å²) in [6.07, 6.45) is -0.731. The van der Waals surface area contributed by atoms with Crippen LogP contribution in [0.25, 0.3) is 0 Å². The summed E-state index contributed by atoms with van der Waals surface area (Å²) >= 11 is 0. The van der Waals surface area contributed by atoms with Gasteiger partial charge >= 0.3 is 6.09 Å². The minimum Gasteiger partial charge on any atom is -0.504 e. The van der Waals surface area contributed by atoms with E-state index in [2.05, 4.69) is 10.3 Å². The van der Waals surface area contributed by atoms with Gasteiger partial charge in [-0.15, -0.1) is 0 Å². The normalized spacial score (nSPS) is 11.0. The van der Waals surface area contributed by atoms with Gasteiger partial charge in [-0.3, -0.25) is 5.32 Å². The zero-order chi connectivity index (χ0) is 12.3. The molecule has 88 valence electrons. The van der Waals surface area contributed by atoms with Gasteiger partial charge in [0.15, 0.2) is 5.75 Å². The number of ether oxygens (including phenoxy) is 1. The number of carbonyl (C=O) groups excluding carboxylic acids is 1. The second kappa shape index (κ2) is 4.34. The van der Waals surface area contributed by atoms with Crippen LogP contribution in [0.3, 0.4) is 0 Å². The zero-order valence-electron chi connectivity index (χ0n) is 9.24. The highest BCUT2D eigenvalue weighted by molar-refractivity contribution is 5.83. The molecule has 0 unspecified atom stereocenters. The highest BCUT2D eigenvalue weighted by Crippen LogP contribution is 2.16. The van der Waals surface area contributed by atoms with Crippen molar-refractivity contribution in [3.8, 4) is 5.75 Å². The van der Waals surface area contributed by atoms with Gasteiger partial charge in [0.2, 0.25) is 0 Å². The van der Waals surface area contributed by atoms with Crippen LogP contribution in [0.5, 0.6) is 5.75 Å². The number of hydrogen-bond acceptors (Lipinski definition) is 4. The molecule has 0 aliphatic carbocycles. The fourth-order valence-electron chi connectivity index (χ4n) is 0.905. The van der Waals surface area contributed by atoms with Crippen molar-refractivity contribution in [2.24, 2.45) is 0 Å². The lowest BCUT2D eigenvalue weighted by Gasteiger charge is -2.19. The van der Waals surface area contributed by atoms with Crippen LogP contribution in [-0.2, 0) is 4.74 Å². The molecule has 0 aliphatic rings. The maximum atomic E-state index is 12.8. The molecule has 1 heterocycles. The highest BCUT2D eigenvalue weighted by atomic mass is 19.1. The van der Waals surface area contributed by atoms with Gasteiger partial charge in [-0.2, -0.15) is 9.37 Å². The largest absolute Gasteiger partial charge is 0.504 e. The van der Waals surface area contributed by atoms with Gasteiger partial charge in [0, 0.05) is 0 Å². The standard InChI is InChI=1S/C10H13FN2O3/c1-10(2,3)16-9(15)13-7-5-4-6(14)8(11)12-7/h4-5,14H,1-3H3,(H,12,13,15). The van der Waals surface area contributed by atoms with E-state index in [1.54, 1.807) is 20.8 Å². The Kier molecular flexibility index (Phi) is 3.31. The highest BCUT2D eigenvalue weighted by Gasteiger charge is 2.16. The molecule has 6 heteroatoms. The molecule has 0 atom stereocenters. The van der Waals surface area contributed by atoms with E-state index in [1.165, 1.54) is 6.07 Å². The van der Waals surface area contributed by atoms with E-state index in [4.69, 9.17) is 9.84 Å². The van der Waals surface area contributed by atoms with Gasteiger partial charge in [0.25, 0.3) is 5.95 Å². The first-order valence-electron chi connectivity index (χ1n) is 4.63. The van der Waals surface area contributed by atoms with Gasteiger partial charge in [-0.1, -0.05) is 0 Å². The molecule has 0 fully saturated rings. The van der Waals surface area contributed by atoms with Crippen molar-refractivity contribution in [2.75, 3.05) is 5.32 Å². The van der Waals surface area contributed by atoms with Crippen LogP contribution in [0.4, 0.5) is 15.0 Å². The van der Waals surface area contributed by atoms with Gasteiger partial charge in [-0.25, -0.2) is 4.79 Å². The molecule has 0 bridgehead atoms. The molecule has 1 amide bonds. The lowest BCUT2D eigenvalue weighted by Crippen LogP contribution is -2.27. The van der Waals surface area contributed by atoms with E-state index in [1.807, 2.05) is 0 Å². The molecule has 0 saturated heterocycles. The minimum absolute atomic E-state index is 0.0236. The number of pyridine rings is 1. The summed E-state index contributed by atoms with van der Waals surface area (Å²) in [5.41, 5.74) is -0.639. The van der Waals surface area contributed by atoms with Crippen molar-refractivity contribution in [1.29, 1.82) is 0 Å². The first-order chi connectivity index (χ1) is 7.28. The fraction of sp³-hybridized carbons (Fsp3) is 0.400. The predicted octanol–water partition coefficient (Wildman–Crippen LogP) is 2.27. The number of hydrogen-bond donors (Lipinski definition) is 2. The van der Waals surface area contributed by atoms with Crippen molar-refractivity contribution in [2.45, 2.75) is 26.4 Å². The van der Waals surface area contributed by atoms with Gasteiger partial charge in [0.05, 0.1) is 0 Å². The average molecular weight is 228 g/mol. The van der Waals surface area contributed by atoms with E-state index in [0.717, 1.165) is 6.07 Å². The molecule has 16 heavy (non-hydrogen) atoms. The third kappa shape index (κ3) is 3.72. The molecule has 1 aromatic rings. The molecule has 2 N–H and O–H groups in total. The Balaban J connectivity index is 2.67. The number of carbonyl (C=O) groups is 1. The SMILES string of the molecule is CC(C)(C)OC(=O)Nc1ccc(O)c(F)n1. The van der Waals surface area contributed by atoms with Crippen LogP contribution in [0.1, 0.15) is 20.8 Å². The van der Waals surface area contributed by atoms with E-state index in [-0.39, 0.29) is 5.82 Å². The van der Waals surface area contributed by atoms with Gasteiger partial charge in [0.1, 0.15) is 11.4 Å². The van der Waals surface area contributed by atoms with E-state index < -0.39 is 23.4 Å². The van der Waals surface area contributed by atoms with Gasteiger partial charge in [-0.05, 0) is 32.9 Å². The summed E-state index contributed by atoms with van der Waals surface area (Å²) in [6.45, 7) is 5.12. The van der Waals surface area contributed by atoms with E-state index in [0.29, 0.717) is 0 Å². The molecule has 5 nitrogen and oxygen atoms in total. The summed E-state index contributed by atoms with van der Waals surface area (Å²) < 4.78 is 17.8. The van der Waals surface area contributed by atoms with Crippen molar-refractivity contribution in [1.82, 2.24) is 4.98 Å². The summed E-state index contributed by atoms with van der Waals surface area (Å²) in [4.78, 5) is 14.6. The second-order valence-electron chi connectivity index (χ2n) is 4.13. The van der Waals surface area contributed by atoms with Gasteiger partial charge < -0.3 is 9.84 Å². The number of aromatic hydroxyl groups is 1. The van der Waals surface area contributed by atoms with E-state index >= 15 is 0 Å². The van der Waals surface area contributed by atoms with Crippen molar-refractivity contribution in [3.05, 3.63) is 18.1 Å². The molecule has 0 radical (unpaired) electrons. The lowest BCUT2D eigenvalue weighted by molar-refractivity contribution is 0.0635. The van der Waals surface area contributed by atoms with Crippen LogP contribution in [-0.4, -0.2) is 21.8 Å². The van der Waals surface area contributed by atoms with E-state index in [9.17, 15) is 9.18 Å². The fourth-order valence-corrected chi connectivity index (χ4v) is 0.905. The maximum Gasteiger partial charge on any atom is 0.413 e. The molecule has 0 spiro atoms. The Bertz CT molecular complexity index is 402. The zero-order valence-corrected chi connectivity index (χ0v) is 9.24. The van der Waals surface area contributed by atoms with Crippen molar-refractivity contribution >= 4 is 11.9 Å². The number of amides is 1. The Morgan fingerprint density at radius 3 is 2.62 bits per heavy atom. The first kappa shape index (κ1) is 12.2. The first-order valence-corrected chi connectivity index (χ1v) is 4.63. The van der Waals surface area contributed by atoms with Crippen LogP contribution in [0.2, 0.25) is 0 Å². The summed E-state index contributed by atoms with van der Waals surface area (Å²) in [6, 6.07) is 2.36. The molecular formula is C10H13FN2O3.